The van der Waals surface area contributed by atoms with Crippen LogP contribution < -0.4 is 9.64 Å². The third-order valence-corrected chi connectivity index (χ3v) is 5.25. The van der Waals surface area contributed by atoms with Crippen LogP contribution in [0.4, 0.5) is 5.82 Å². The van der Waals surface area contributed by atoms with E-state index < -0.39 is 0 Å². The number of benzene rings is 1. The van der Waals surface area contributed by atoms with E-state index in [0.29, 0.717) is 35.4 Å². The second kappa shape index (κ2) is 7.78. The van der Waals surface area contributed by atoms with Crippen LogP contribution in [0.1, 0.15) is 11.1 Å². The predicted molar refractivity (Wildman–Crippen MR) is 106 cm³/mol. The van der Waals surface area contributed by atoms with E-state index in [0.717, 1.165) is 22.5 Å². The lowest BCUT2D eigenvalue weighted by Gasteiger charge is -2.22. The van der Waals surface area contributed by atoms with E-state index in [1.165, 1.54) is 11.8 Å². The van der Waals surface area contributed by atoms with E-state index in [2.05, 4.69) is 16.0 Å². The van der Waals surface area contributed by atoms with Crippen LogP contribution in [-0.4, -0.2) is 39.8 Å². The second-order valence-electron chi connectivity index (χ2n) is 6.14. The van der Waals surface area contributed by atoms with Gasteiger partial charge in [-0.1, -0.05) is 17.8 Å². The first-order chi connectivity index (χ1) is 13.7. The summed E-state index contributed by atoms with van der Waals surface area (Å²) in [5.74, 6) is 1.98. The summed E-state index contributed by atoms with van der Waals surface area (Å²) < 4.78 is 12.4. The number of ether oxygens (including phenoxy) is 2. The van der Waals surface area contributed by atoms with Crippen LogP contribution in [0.2, 0.25) is 0 Å². The molecule has 0 saturated heterocycles. The monoisotopic (exact) mass is 394 g/mol. The predicted octanol–water partition coefficient (Wildman–Crippen LogP) is 2.84. The van der Waals surface area contributed by atoms with Crippen molar-refractivity contribution in [2.24, 2.45) is 7.05 Å². The maximum atomic E-state index is 9.27. The summed E-state index contributed by atoms with van der Waals surface area (Å²) in [5, 5.41) is 9.92. The molecule has 2 aromatic heterocycles. The summed E-state index contributed by atoms with van der Waals surface area (Å²) in [6, 6.07) is 7.75. The number of nitriles is 1. The largest absolute Gasteiger partial charge is 0.498 e. The minimum absolute atomic E-state index is 0.516. The van der Waals surface area contributed by atoms with Crippen molar-refractivity contribution >= 4 is 28.7 Å². The van der Waals surface area contributed by atoms with Gasteiger partial charge in [0.05, 0.1) is 31.8 Å². The molecule has 3 heterocycles. The number of fused-ring (bicyclic) bond motifs is 1. The van der Waals surface area contributed by atoms with Crippen molar-refractivity contribution in [2.75, 3.05) is 25.2 Å². The SMILES string of the molecule is COc1ccc(CSc2nc(N3C=COCC3)c3ncn(C)c3n2)cc1C#N. The molecular weight excluding hydrogens is 376 g/mol. The lowest BCUT2D eigenvalue weighted by Crippen LogP contribution is -2.25. The molecule has 0 unspecified atom stereocenters. The fourth-order valence-electron chi connectivity index (χ4n) is 2.90. The zero-order valence-corrected chi connectivity index (χ0v) is 16.3. The molecule has 0 bridgehead atoms. The Bertz CT molecular complexity index is 1090. The van der Waals surface area contributed by atoms with Gasteiger partial charge in [0.1, 0.15) is 18.4 Å². The average molecular weight is 394 g/mol. The molecule has 1 aromatic carbocycles. The van der Waals surface area contributed by atoms with Crippen LogP contribution in [0, 0.1) is 11.3 Å². The zero-order chi connectivity index (χ0) is 19.5. The molecule has 0 N–H and O–H groups in total. The fraction of sp³-hybridized carbons (Fsp3) is 0.263. The highest BCUT2D eigenvalue weighted by Gasteiger charge is 2.18. The number of aromatic nitrogens is 4. The molecule has 142 valence electrons. The first-order valence-corrected chi connectivity index (χ1v) is 9.62. The van der Waals surface area contributed by atoms with Gasteiger partial charge >= 0.3 is 0 Å². The summed E-state index contributed by atoms with van der Waals surface area (Å²) in [6.07, 6.45) is 5.26. The third-order valence-electron chi connectivity index (χ3n) is 4.33. The maximum absolute atomic E-state index is 9.27. The van der Waals surface area contributed by atoms with E-state index in [9.17, 15) is 5.26 Å². The highest BCUT2D eigenvalue weighted by atomic mass is 32.2. The molecule has 0 spiro atoms. The van der Waals surface area contributed by atoms with Crippen molar-refractivity contribution in [1.29, 1.82) is 5.26 Å². The molecule has 3 aromatic rings. The van der Waals surface area contributed by atoms with Crippen molar-refractivity contribution in [2.45, 2.75) is 10.9 Å². The molecule has 0 amide bonds. The highest BCUT2D eigenvalue weighted by Crippen LogP contribution is 2.29. The Labute approximate surface area is 166 Å². The topological polar surface area (TPSA) is 89.1 Å². The average Bonchev–Trinajstić information content (AvgIpc) is 3.12. The van der Waals surface area contributed by atoms with Gasteiger partial charge in [-0.05, 0) is 17.7 Å². The molecule has 0 saturated carbocycles. The third kappa shape index (κ3) is 3.46. The van der Waals surface area contributed by atoms with Gasteiger partial charge in [0.2, 0.25) is 0 Å². The summed E-state index contributed by atoms with van der Waals surface area (Å²) >= 11 is 1.52. The molecule has 1 aliphatic rings. The van der Waals surface area contributed by atoms with Gasteiger partial charge in [-0.15, -0.1) is 0 Å². The van der Waals surface area contributed by atoms with Gasteiger partial charge in [0, 0.05) is 19.0 Å². The number of nitrogens with zero attached hydrogens (tertiary/aromatic N) is 6. The zero-order valence-electron chi connectivity index (χ0n) is 15.5. The Morgan fingerprint density at radius 1 is 1.36 bits per heavy atom. The van der Waals surface area contributed by atoms with Crippen LogP contribution in [0.5, 0.6) is 5.75 Å². The Morgan fingerprint density at radius 2 is 2.25 bits per heavy atom. The van der Waals surface area contributed by atoms with Crippen LogP contribution in [0.3, 0.4) is 0 Å². The Balaban J connectivity index is 1.64. The van der Waals surface area contributed by atoms with Crippen molar-refractivity contribution in [3.05, 3.63) is 48.1 Å². The number of anilines is 1. The van der Waals surface area contributed by atoms with E-state index >= 15 is 0 Å². The number of hydrogen-bond acceptors (Lipinski definition) is 8. The molecule has 4 rings (SSSR count). The van der Waals surface area contributed by atoms with Crippen molar-refractivity contribution < 1.29 is 9.47 Å². The van der Waals surface area contributed by atoms with Crippen LogP contribution in [0.25, 0.3) is 11.2 Å². The molecule has 0 radical (unpaired) electrons. The molecular formula is C19H18N6O2S. The summed E-state index contributed by atoms with van der Waals surface area (Å²) in [7, 11) is 3.47. The Morgan fingerprint density at radius 3 is 3.00 bits per heavy atom. The molecule has 0 atom stereocenters. The second-order valence-corrected chi connectivity index (χ2v) is 7.08. The molecule has 1 aliphatic heterocycles. The van der Waals surface area contributed by atoms with E-state index in [1.54, 1.807) is 19.7 Å². The van der Waals surface area contributed by atoms with Gasteiger partial charge < -0.3 is 18.9 Å². The maximum Gasteiger partial charge on any atom is 0.191 e. The smallest absolute Gasteiger partial charge is 0.191 e. The van der Waals surface area contributed by atoms with E-state index in [4.69, 9.17) is 14.5 Å². The van der Waals surface area contributed by atoms with Crippen LogP contribution >= 0.6 is 11.8 Å². The number of thioether (sulfide) groups is 1. The number of hydrogen-bond donors (Lipinski definition) is 0. The number of methoxy groups -OCH3 is 1. The van der Waals surface area contributed by atoms with Gasteiger partial charge in [0.25, 0.3) is 0 Å². The quantitative estimate of drug-likeness (QED) is 0.482. The van der Waals surface area contributed by atoms with Crippen molar-refractivity contribution in [3.8, 4) is 11.8 Å². The van der Waals surface area contributed by atoms with E-state index in [-0.39, 0.29) is 0 Å². The Kier molecular flexibility index (Phi) is 5.04. The lowest BCUT2D eigenvalue weighted by atomic mass is 10.1. The number of rotatable bonds is 5. The number of imidazole rings is 1. The summed E-state index contributed by atoms with van der Waals surface area (Å²) in [5.41, 5.74) is 3.06. The van der Waals surface area contributed by atoms with Gasteiger partial charge in [-0.2, -0.15) is 5.26 Å². The van der Waals surface area contributed by atoms with Crippen LogP contribution in [-0.2, 0) is 17.5 Å². The Hall–Kier alpha value is -3.25. The minimum Gasteiger partial charge on any atom is -0.498 e. The first-order valence-electron chi connectivity index (χ1n) is 8.63. The van der Waals surface area contributed by atoms with Gasteiger partial charge in [0.15, 0.2) is 22.1 Å². The van der Waals surface area contributed by atoms with E-state index in [1.807, 2.05) is 40.9 Å². The molecule has 28 heavy (non-hydrogen) atoms. The standard InChI is InChI=1S/C19H18N6O2S/c1-24-12-21-16-17(24)22-19(23-18(16)25-5-7-27-8-6-25)28-11-13-3-4-15(26-2)14(9-13)10-20/h3-5,7,9,12H,6,8,11H2,1-2H3. The van der Waals surface area contributed by atoms with Crippen LogP contribution in [0.15, 0.2) is 42.1 Å². The minimum atomic E-state index is 0.516. The molecule has 0 aliphatic carbocycles. The highest BCUT2D eigenvalue weighted by molar-refractivity contribution is 7.98. The van der Waals surface area contributed by atoms with Gasteiger partial charge in [-0.25, -0.2) is 15.0 Å². The number of aryl methyl sites for hydroxylation is 1. The van der Waals surface area contributed by atoms with Gasteiger partial charge in [-0.3, -0.25) is 0 Å². The normalized spacial score (nSPS) is 13.4. The van der Waals surface area contributed by atoms with Crippen molar-refractivity contribution in [3.63, 3.8) is 0 Å². The summed E-state index contributed by atoms with van der Waals surface area (Å²) in [4.78, 5) is 15.9. The lowest BCUT2D eigenvalue weighted by molar-refractivity contribution is 0.245. The fourth-order valence-corrected chi connectivity index (χ4v) is 3.68. The summed E-state index contributed by atoms with van der Waals surface area (Å²) in [6.45, 7) is 1.30. The molecule has 8 nitrogen and oxygen atoms in total. The van der Waals surface area contributed by atoms with Crippen molar-refractivity contribution in [1.82, 2.24) is 19.5 Å². The molecule has 9 heteroatoms. The first kappa shape index (κ1) is 18.1. The molecule has 0 fully saturated rings.